The lowest BCUT2D eigenvalue weighted by Gasteiger charge is -2.43. The topological polar surface area (TPSA) is 99.8 Å². The first-order valence-electron chi connectivity index (χ1n) is 15.6. The first-order valence-corrected chi connectivity index (χ1v) is 17.2. The fourth-order valence-corrected chi connectivity index (χ4v) is 11.5. The number of anilines is 1. The van der Waals surface area contributed by atoms with Gasteiger partial charge in [0, 0.05) is 29.1 Å². The van der Waals surface area contributed by atoms with Crippen molar-refractivity contribution < 1.29 is 32.3 Å². The molecule has 240 valence electrons. The van der Waals surface area contributed by atoms with Gasteiger partial charge in [-0.05, 0) is 79.3 Å². The lowest BCUT2D eigenvalue weighted by molar-refractivity contribution is -0.137. The van der Waals surface area contributed by atoms with Crippen LogP contribution in [0.1, 0.15) is 47.6 Å². The third-order valence-electron chi connectivity index (χ3n) is 10.4. The average Bonchev–Trinajstić information content (AvgIpc) is 3.78. The Kier molecular flexibility index (Phi) is 7.13. The number of H-pyrrole nitrogens is 1. The number of amides is 3. The van der Waals surface area contributed by atoms with Gasteiger partial charge < -0.3 is 14.6 Å². The molecule has 2 bridgehead atoms. The molecule has 2 aliphatic carbocycles. The Bertz CT molecular complexity index is 1800. The second kappa shape index (κ2) is 11.0. The monoisotopic (exact) mass is 669 g/mol. The number of piperidine rings is 1. The highest BCUT2D eigenvalue weighted by molar-refractivity contribution is 8.00. The van der Waals surface area contributed by atoms with E-state index in [4.69, 9.17) is 4.74 Å². The molecule has 7 atom stereocenters. The molecule has 4 fully saturated rings. The van der Waals surface area contributed by atoms with Gasteiger partial charge in [0.25, 0.3) is 5.91 Å². The van der Waals surface area contributed by atoms with Gasteiger partial charge in [0.15, 0.2) is 6.61 Å². The van der Waals surface area contributed by atoms with Crippen LogP contribution in [-0.4, -0.2) is 52.6 Å². The summed E-state index contributed by atoms with van der Waals surface area (Å²) in [6.45, 7) is 1.39. The summed E-state index contributed by atoms with van der Waals surface area (Å²) >= 11 is 2.68. The standard InChI is InChI=1S/C33H30F3N3O5S2/c34-33(35,36)17-7-5-8-18(13-17)39-30(41)25-20-14-21(26(25)31(39)42)27-24(20)23(28-29(45-27)37-32(43)46-28)16-6-4-9-19(12-16)44-15-22(40)38-10-2-1-3-11-38/h4-9,12-13,20-21,23-27H,1-3,10-11,14-15H2,(H,37,43)/t20?,21?,23-,24?,25?,26?,27?/m1/s1. The predicted octanol–water partition coefficient (Wildman–Crippen LogP) is 5.52. The Morgan fingerprint density at radius 2 is 1.70 bits per heavy atom. The molecule has 8 nitrogen and oxygen atoms in total. The number of hydrogen-bond donors (Lipinski definition) is 1. The summed E-state index contributed by atoms with van der Waals surface area (Å²) in [7, 11) is 0. The molecule has 3 aliphatic heterocycles. The summed E-state index contributed by atoms with van der Waals surface area (Å²) in [6.07, 6.45) is -0.860. The molecule has 2 saturated heterocycles. The fourth-order valence-electron chi connectivity index (χ4n) is 8.64. The van der Waals surface area contributed by atoms with Crippen molar-refractivity contribution in [1.29, 1.82) is 0 Å². The lowest BCUT2D eigenvalue weighted by Crippen LogP contribution is -2.42. The van der Waals surface area contributed by atoms with Gasteiger partial charge in [-0.15, -0.1) is 11.8 Å². The van der Waals surface area contributed by atoms with Gasteiger partial charge in [0.05, 0.1) is 28.1 Å². The molecule has 5 aliphatic rings. The van der Waals surface area contributed by atoms with E-state index >= 15 is 0 Å². The van der Waals surface area contributed by atoms with Crippen molar-refractivity contribution in [1.82, 2.24) is 9.88 Å². The van der Waals surface area contributed by atoms with Crippen LogP contribution in [0.15, 0.2) is 58.4 Å². The summed E-state index contributed by atoms with van der Waals surface area (Å²) < 4.78 is 46.5. The molecule has 1 N–H and O–H groups in total. The van der Waals surface area contributed by atoms with Crippen LogP contribution in [0.2, 0.25) is 0 Å². The number of likely N-dealkylation sites (tertiary alicyclic amines) is 1. The van der Waals surface area contributed by atoms with Crippen molar-refractivity contribution in [2.45, 2.75) is 48.1 Å². The number of aromatic nitrogens is 1. The van der Waals surface area contributed by atoms with Gasteiger partial charge in [-0.25, -0.2) is 0 Å². The Balaban J connectivity index is 1.11. The van der Waals surface area contributed by atoms with E-state index in [0.717, 1.165) is 76.2 Å². The third kappa shape index (κ3) is 4.71. The van der Waals surface area contributed by atoms with Crippen molar-refractivity contribution in [3.63, 3.8) is 0 Å². The smallest absolute Gasteiger partial charge is 0.416 e. The molecule has 2 aromatic carbocycles. The number of benzene rings is 2. The number of nitrogens with zero attached hydrogens (tertiary/aromatic N) is 2. The normalized spacial score (nSPS) is 29.9. The van der Waals surface area contributed by atoms with Crippen LogP contribution in [0.3, 0.4) is 0 Å². The second-order valence-electron chi connectivity index (χ2n) is 12.8. The fraction of sp³-hybridized carbons (Fsp3) is 0.455. The van der Waals surface area contributed by atoms with Crippen LogP contribution < -0.4 is 14.5 Å². The van der Waals surface area contributed by atoms with Crippen LogP contribution in [0.5, 0.6) is 5.75 Å². The SMILES string of the molecule is O=C(COc1cccc([C@H]2c3sc(=O)[nH]c3SC3C4CC(C5C(=O)N(c6cccc(C(F)(F)F)c6)C(=O)C45)C32)c1)N1CCCCC1. The number of imide groups is 1. The number of thioether (sulfide) groups is 1. The minimum absolute atomic E-state index is 0.0562. The van der Waals surface area contributed by atoms with Gasteiger partial charge in [-0.2, -0.15) is 13.2 Å². The molecule has 2 saturated carbocycles. The van der Waals surface area contributed by atoms with E-state index in [1.54, 1.807) is 17.8 Å². The number of aromatic amines is 1. The van der Waals surface area contributed by atoms with Crippen molar-refractivity contribution >= 4 is 46.5 Å². The second-order valence-corrected chi connectivity index (χ2v) is 15.0. The Morgan fingerprint density at radius 3 is 2.46 bits per heavy atom. The number of thiazole rings is 1. The van der Waals surface area contributed by atoms with Crippen molar-refractivity contribution in [2.75, 3.05) is 24.6 Å². The number of fused-ring (bicyclic) bond motifs is 9. The molecule has 13 heteroatoms. The third-order valence-corrected chi connectivity index (χ3v) is 13.0. The van der Waals surface area contributed by atoms with Gasteiger partial charge in [-0.3, -0.25) is 24.1 Å². The van der Waals surface area contributed by atoms with Crippen LogP contribution in [0.4, 0.5) is 18.9 Å². The van der Waals surface area contributed by atoms with Crippen molar-refractivity contribution in [3.05, 3.63) is 74.2 Å². The number of ether oxygens (including phenoxy) is 1. The molecular formula is C33H30F3N3O5S2. The van der Waals surface area contributed by atoms with Crippen molar-refractivity contribution in [3.8, 4) is 5.75 Å². The zero-order valence-corrected chi connectivity index (χ0v) is 26.1. The van der Waals surface area contributed by atoms with E-state index in [1.165, 1.54) is 12.1 Å². The number of carbonyl (C=O) groups is 3. The van der Waals surface area contributed by atoms with E-state index in [9.17, 15) is 32.3 Å². The van der Waals surface area contributed by atoms with Gasteiger partial charge in [-0.1, -0.05) is 29.5 Å². The lowest BCUT2D eigenvalue weighted by atomic mass is 9.68. The summed E-state index contributed by atoms with van der Waals surface area (Å²) in [5.41, 5.74) is -0.0773. The Morgan fingerprint density at radius 1 is 0.957 bits per heavy atom. The van der Waals surface area contributed by atoms with Crippen LogP contribution in [0.25, 0.3) is 0 Å². The quantitative estimate of drug-likeness (QED) is 0.359. The van der Waals surface area contributed by atoms with Crippen LogP contribution in [0, 0.1) is 29.6 Å². The summed E-state index contributed by atoms with van der Waals surface area (Å²) in [6, 6.07) is 11.9. The van der Waals surface area contributed by atoms with Gasteiger partial charge in [0.2, 0.25) is 11.8 Å². The Hall–Kier alpha value is -3.58. The average molecular weight is 670 g/mol. The van der Waals surface area contributed by atoms with E-state index < -0.39 is 35.4 Å². The molecule has 3 amide bonds. The molecule has 8 rings (SSSR count). The highest BCUT2D eigenvalue weighted by atomic mass is 32.2. The summed E-state index contributed by atoms with van der Waals surface area (Å²) in [4.78, 5) is 59.6. The van der Waals surface area contributed by atoms with Crippen LogP contribution in [-0.2, 0) is 20.6 Å². The zero-order chi connectivity index (χ0) is 31.9. The molecule has 46 heavy (non-hydrogen) atoms. The van der Waals surface area contributed by atoms with Gasteiger partial charge in [0.1, 0.15) is 5.75 Å². The summed E-state index contributed by atoms with van der Waals surface area (Å²) in [5, 5.41) is 0.681. The van der Waals surface area contributed by atoms with E-state index in [2.05, 4.69) is 4.98 Å². The van der Waals surface area contributed by atoms with Gasteiger partial charge >= 0.3 is 11.0 Å². The molecule has 1 aromatic heterocycles. The maximum absolute atomic E-state index is 14.0. The number of halogens is 3. The number of alkyl halides is 3. The molecule has 0 spiro atoms. The summed E-state index contributed by atoms with van der Waals surface area (Å²) in [5.74, 6) is -2.39. The maximum atomic E-state index is 14.0. The first kappa shape index (κ1) is 29.8. The van der Waals surface area contributed by atoms with E-state index in [1.807, 2.05) is 23.1 Å². The number of carbonyl (C=O) groups excluding carboxylic acids is 3. The number of rotatable bonds is 5. The maximum Gasteiger partial charge on any atom is 0.416 e. The Labute approximate surface area is 270 Å². The van der Waals surface area contributed by atoms with Crippen molar-refractivity contribution in [2.24, 2.45) is 29.6 Å². The van der Waals surface area contributed by atoms with E-state index in [0.29, 0.717) is 12.2 Å². The molecular weight excluding hydrogens is 640 g/mol. The highest BCUT2D eigenvalue weighted by Gasteiger charge is 2.69. The van der Waals surface area contributed by atoms with E-state index in [-0.39, 0.29) is 52.0 Å². The molecule has 3 aromatic rings. The predicted molar refractivity (Wildman–Crippen MR) is 165 cm³/mol. The molecule has 6 unspecified atom stereocenters. The minimum atomic E-state index is -4.61. The molecule has 4 heterocycles. The zero-order valence-electron chi connectivity index (χ0n) is 24.5. The minimum Gasteiger partial charge on any atom is -0.484 e. The number of hydrogen-bond acceptors (Lipinski definition) is 7. The largest absolute Gasteiger partial charge is 0.484 e. The molecule has 0 radical (unpaired) electrons. The first-order chi connectivity index (χ1) is 22.1. The highest BCUT2D eigenvalue weighted by Crippen LogP contribution is 2.68. The number of nitrogens with one attached hydrogen (secondary N) is 1. The van der Waals surface area contributed by atoms with Crippen LogP contribution >= 0.6 is 23.1 Å².